The summed E-state index contributed by atoms with van der Waals surface area (Å²) in [6.07, 6.45) is 1.91. The smallest absolute Gasteiger partial charge is 0.264 e. The number of nitrogens with zero attached hydrogens (tertiary/aromatic N) is 2. The second kappa shape index (κ2) is 15.5. The molecule has 0 aromatic heterocycles. The van der Waals surface area contributed by atoms with Gasteiger partial charge in [-0.3, -0.25) is 13.9 Å². The van der Waals surface area contributed by atoms with Crippen molar-refractivity contribution in [3.05, 3.63) is 82.8 Å². The van der Waals surface area contributed by atoms with Crippen LogP contribution >= 0.6 is 27.7 Å². The highest BCUT2D eigenvalue weighted by Crippen LogP contribution is 2.33. The minimum atomic E-state index is -4.21. The summed E-state index contributed by atoms with van der Waals surface area (Å²) in [6.45, 7) is 7.77. The van der Waals surface area contributed by atoms with Crippen LogP contribution in [0.5, 0.6) is 5.75 Å². The van der Waals surface area contributed by atoms with Crippen LogP contribution in [-0.2, 0) is 26.2 Å². The standard InChI is InChI=1S/C31H38BrN3O5S2/c1-6-40-29-13-8-7-12-28(29)35(42(38,39)27-16-14-26(41-5)15-17-27)21-30(36)34(20-24-10-9-11-25(32)18-24)23(4)31(37)33-19-22(2)3/h7-18,22-23H,6,19-21H2,1-5H3,(H,33,37)/t23-/m1/s1. The highest BCUT2D eigenvalue weighted by molar-refractivity contribution is 9.10. The Balaban J connectivity index is 2.07. The number of anilines is 1. The summed E-state index contributed by atoms with van der Waals surface area (Å²) in [5.74, 6) is -0.288. The second-order valence-corrected chi connectivity index (χ2v) is 13.7. The zero-order chi connectivity index (χ0) is 30.9. The van der Waals surface area contributed by atoms with Crippen molar-refractivity contribution in [2.45, 2.75) is 50.1 Å². The lowest BCUT2D eigenvalue weighted by Crippen LogP contribution is -2.51. The molecule has 0 unspecified atom stereocenters. The third-order valence-electron chi connectivity index (χ3n) is 6.45. The lowest BCUT2D eigenvalue weighted by atomic mass is 10.1. The highest BCUT2D eigenvalue weighted by atomic mass is 79.9. The zero-order valence-corrected chi connectivity index (χ0v) is 27.8. The number of nitrogens with one attached hydrogen (secondary N) is 1. The van der Waals surface area contributed by atoms with Gasteiger partial charge in [-0.2, -0.15) is 0 Å². The van der Waals surface area contributed by atoms with Gasteiger partial charge in [0.25, 0.3) is 10.0 Å². The molecule has 0 heterocycles. The van der Waals surface area contributed by atoms with Gasteiger partial charge in [0.05, 0.1) is 17.2 Å². The van der Waals surface area contributed by atoms with Crippen molar-refractivity contribution in [2.75, 3.05) is 30.3 Å². The van der Waals surface area contributed by atoms with E-state index in [9.17, 15) is 18.0 Å². The number of amides is 2. The average molecular weight is 677 g/mol. The molecule has 3 aromatic carbocycles. The molecule has 0 bridgehead atoms. The van der Waals surface area contributed by atoms with Crippen LogP contribution in [0.1, 0.15) is 33.3 Å². The van der Waals surface area contributed by atoms with Crippen LogP contribution < -0.4 is 14.4 Å². The van der Waals surface area contributed by atoms with Crippen LogP contribution in [0.25, 0.3) is 0 Å². The monoisotopic (exact) mass is 675 g/mol. The van der Waals surface area contributed by atoms with E-state index in [0.717, 1.165) is 19.2 Å². The average Bonchev–Trinajstić information content (AvgIpc) is 2.97. The van der Waals surface area contributed by atoms with Gasteiger partial charge in [0.1, 0.15) is 18.3 Å². The topological polar surface area (TPSA) is 96.0 Å². The molecule has 42 heavy (non-hydrogen) atoms. The molecule has 226 valence electrons. The molecular formula is C31H38BrN3O5S2. The third-order valence-corrected chi connectivity index (χ3v) is 9.46. The molecule has 0 radical (unpaired) electrons. The Morgan fingerprint density at radius 2 is 1.69 bits per heavy atom. The van der Waals surface area contributed by atoms with Crippen molar-refractivity contribution in [1.29, 1.82) is 0 Å². The number of halogens is 1. The summed E-state index contributed by atoms with van der Waals surface area (Å²) in [5, 5.41) is 2.90. The maximum Gasteiger partial charge on any atom is 0.264 e. The van der Waals surface area contributed by atoms with Crippen LogP contribution in [0.3, 0.4) is 0 Å². The summed E-state index contributed by atoms with van der Waals surface area (Å²) in [6, 6.07) is 19.8. The van der Waals surface area contributed by atoms with Crippen molar-refractivity contribution >= 4 is 55.2 Å². The fourth-order valence-corrected chi connectivity index (χ4v) is 6.48. The summed E-state index contributed by atoms with van der Waals surface area (Å²) < 4.78 is 35.9. The first-order chi connectivity index (χ1) is 20.0. The Morgan fingerprint density at radius 1 is 1.00 bits per heavy atom. The van der Waals surface area contributed by atoms with Crippen molar-refractivity contribution in [2.24, 2.45) is 5.92 Å². The fourth-order valence-electron chi connectivity index (χ4n) is 4.20. The molecule has 1 N–H and O–H groups in total. The summed E-state index contributed by atoms with van der Waals surface area (Å²) in [5.41, 5.74) is 1.03. The van der Waals surface area contributed by atoms with Gasteiger partial charge in [-0.05, 0) is 80.1 Å². The number of ether oxygens (including phenoxy) is 1. The van der Waals surface area contributed by atoms with E-state index in [4.69, 9.17) is 4.74 Å². The largest absolute Gasteiger partial charge is 0.492 e. The van der Waals surface area contributed by atoms with Crippen molar-refractivity contribution in [1.82, 2.24) is 10.2 Å². The normalized spacial score (nSPS) is 12.1. The molecule has 3 aromatic rings. The van der Waals surface area contributed by atoms with Gasteiger partial charge < -0.3 is 15.0 Å². The van der Waals surface area contributed by atoms with E-state index in [-0.39, 0.29) is 29.0 Å². The SMILES string of the molecule is CCOc1ccccc1N(CC(=O)N(Cc1cccc(Br)c1)[C@H](C)C(=O)NCC(C)C)S(=O)(=O)c1ccc(SC)cc1. The van der Waals surface area contributed by atoms with Crippen molar-refractivity contribution < 1.29 is 22.7 Å². The Hall–Kier alpha value is -3.02. The predicted molar refractivity (Wildman–Crippen MR) is 172 cm³/mol. The first-order valence-corrected chi connectivity index (χ1v) is 17.1. The van der Waals surface area contributed by atoms with Crippen LogP contribution in [-0.4, -0.2) is 57.1 Å². The molecule has 0 aliphatic rings. The molecule has 2 amide bonds. The quantitative estimate of drug-likeness (QED) is 0.212. The molecule has 1 atom stereocenters. The second-order valence-electron chi connectivity index (χ2n) is 10.1. The Labute approximate surface area is 262 Å². The number of benzene rings is 3. The van der Waals surface area contributed by atoms with E-state index in [1.54, 1.807) is 50.2 Å². The molecular weight excluding hydrogens is 638 g/mol. The van der Waals surface area contributed by atoms with Gasteiger partial charge >= 0.3 is 0 Å². The first-order valence-electron chi connectivity index (χ1n) is 13.7. The highest BCUT2D eigenvalue weighted by Gasteiger charge is 2.33. The Kier molecular flexibility index (Phi) is 12.3. The van der Waals surface area contributed by atoms with E-state index >= 15 is 0 Å². The summed E-state index contributed by atoms with van der Waals surface area (Å²) >= 11 is 4.97. The van der Waals surface area contributed by atoms with Crippen molar-refractivity contribution in [3.63, 3.8) is 0 Å². The number of hydrogen-bond donors (Lipinski definition) is 1. The fraction of sp³-hybridized carbons (Fsp3) is 0.355. The Bertz CT molecular complexity index is 1470. The molecule has 0 saturated heterocycles. The number of para-hydroxylation sites is 2. The summed E-state index contributed by atoms with van der Waals surface area (Å²) in [7, 11) is -4.21. The van der Waals surface area contributed by atoms with Crippen LogP contribution in [0.15, 0.2) is 87.1 Å². The maximum atomic E-state index is 14.1. The van der Waals surface area contributed by atoms with Gasteiger partial charge in [-0.25, -0.2) is 8.42 Å². The van der Waals surface area contributed by atoms with E-state index in [1.807, 2.05) is 44.4 Å². The maximum absolute atomic E-state index is 14.1. The number of sulfonamides is 1. The van der Waals surface area contributed by atoms with Crippen LogP contribution in [0, 0.1) is 5.92 Å². The van der Waals surface area contributed by atoms with Gasteiger partial charge in [0.15, 0.2) is 0 Å². The molecule has 3 rings (SSSR count). The number of hydrogen-bond acceptors (Lipinski definition) is 6. The number of thioether (sulfide) groups is 1. The predicted octanol–water partition coefficient (Wildman–Crippen LogP) is 5.95. The van der Waals surface area contributed by atoms with Crippen LogP contribution in [0.4, 0.5) is 5.69 Å². The molecule has 0 aliphatic carbocycles. The van der Waals surface area contributed by atoms with Gasteiger partial charge in [-0.1, -0.05) is 54.0 Å². The molecule has 0 spiro atoms. The molecule has 8 nitrogen and oxygen atoms in total. The lowest BCUT2D eigenvalue weighted by molar-refractivity contribution is -0.139. The lowest BCUT2D eigenvalue weighted by Gasteiger charge is -2.32. The van der Waals surface area contributed by atoms with Crippen molar-refractivity contribution in [3.8, 4) is 5.75 Å². The first kappa shape index (κ1) is 33.5. The van der Waals surface area contributed by atoms with Gasteiger partial charge in [0.2, 0.25) is 11.8 Å². The van der Waals surface area contributed by atoms with Gasteiger partial charge in [0, 0.05) is 22.5 Å². The van der Waals surface area contributed by atoms with E-state index < -0.39 is 28.5 Å². The molecule has 0 fully saturated rings. The number of rotatable bonds is 14. The third kappa shape index (κ3) is 8.75. The van der Waals surface area contributed by atoms with Gasteiger partial charge in [-0.15, -0.1) is 11.8 Å². The number of carbonyl (C=O) groups is 2. The van der Waals surface area contributed by atoms with E-state index in [0.29, 0.717) is 18.9 Å². The summed E-state index contributed by atoms with van der Waals surface area (Å²) in [4.78, 5) is 29.7. The minimum absolute atomic E-state index is 0.0423. The number of carbonyl (C=O) groups excluding carboxylic acids is 2. The molecule has 0 aliphatic heterocycles. The minimum Gasteiger partial charge on any atom is -0.492 e. The van der Waals surface area contributed by atoms with E-state index in [1.165, 1.54) is 28.8 Å². The zero-order valence-electron chi connectivity index (χ0n) is 24.5. The Morgan fingerprint density at radius 3 is 2.31 bits per heavy atom. The molecule has 0 saturated carbocycles. The van der Waals surface area contributed by atoms with E-state index in [2.05, 4.69) is 21.2 Å². The van der Waals surface area contributed by atoms with Crippen LogP contribution in [0.2, 0.25) is 0 Å². The molecule has 11 heteroatoms.